The van der Waals surface area contributed by atoms with Crippen molar-refractivity contribution in [2.24, 2.45) is 0 Å². The van der Waals surface area contributed by atoms with E-state index in [1.54, 1.807) is 37.3 Å². The molecule has 6 nitrogen and oxygen atoms in total. The predicted octanol–water partition coefficient (Wildman–Crippen LogP) is 3.30. The van der Waals surface area contributed by atoms with Crippen molar-refractivity contribution in [3.63, 3.8) is 0 Å². The van der Waals surface area contributed by atoms with Crippen LogP contribution >= 0.6 is 0 Å². The van der Waals surface area contributed by atoms with Crippen molar-refractivity contribution >= 4 is 23.5 Å². The first kappa shape index (κ1) is 20.5. The first-order valence-electron chi connectivity index (χ1n) is 9.24. The summed E-state index contributed by atoms with van der Waals surface area (Å²) in [5.41, 5.74) is 0.964. The van der Waals surface area contributed by atoms with Gasteiger partial charge in [-0.25, -0.2) is 0 Å². The Bertz CT molecular complexity index is 1070. The number of fused-ring (bicyclic) bond motifs is 1. The van der Waals surface area contributed by atoms with Crippen LogP contribution in [0.3, 0.4) is 0 Å². The van der Waals surface area contributed by atoms with Gasteiger partial charge < -0.3 is 9.47 Å². The van der Waals surface area contributed by atoms with Crippen molar-refractivity contribution in [3.05, 3.63) is 63.7 Å². The zero-order valence-electron chi connectivity index (χ0n) is 17.0. The third kappa shape index (κ3) is 3.24. The Balaban J connectivity index is 2.41. The van der Waals surface area contributed by atoms with Gasteiger partial charge >= 0.3 is 11.9 Å². The fourth-order valence-electron chi connectivity index (χ4n) is 3.85. The summed E-state index contributed by atoms with van der Waals surface area (Å²) in [6.07, 6.45) is -0.0823. The topological polar surface area (TPSA) is 86.7 Å². The molecule has 1 atom stereocenters. The number of carbonyl (C=O) groups excluding carboxylic acids is 4. The highest BCUT2D eigenvalue weighted by Gasteiger charge is 2.56. The molecule has 0 spiro atoms. The standard InChI is InChI=1S/C23H22O6/c1-12-10-19(28-15(4)24)21(14(3)13(12)2)23(29-16(5)25)20(26)11-17-8-6-7-9-18(17)22(23)27/h6-10H,11H2,1-5H3. The van der Waals surface area contributed by atoms with Crippen LogP contribution in [-0.4, -0.2) is 23.5 Å². The van der Waals surface area contributed by atoms with Gasteiger partial charge in [0, 0.05) is 25.8 Å². The van der Waals surface area contributed by atoms with Gasteiger partial charge in [-0.3, -0.25) is 19.2 Å². The third-order valence-corrected chi connectivity index (χ3v) is 5.35. The Morgan fingerprint density at radius 3 is 2.24 bits per heavy atom. The monoisotopic (exact) mass is 394 g/mol. The van der Waals surface area contributed by atoms with Crippen LogP contribution in [-0.2, 0) is 31.1 Å². The molecular formula is C23H22O6. The largest absolute Gasteiger partial charge is 0.437 e. The van der Waals surface area contributed by atoms with Crippen LogP contribution in [0.4, 0.5) is 0 Å². The second kappa shape index (κ2) is 7.28. The number of benzene rings is 2. The van der Waals surface area contributed by atoms with Crippen molar-refractivity contribution < 1.29 is 28.7 Å². The van der Waals surface area contributed by atoms with Gasteiger partial charge in [0.25, 0.3) is 5.60 Å². The molecule has 3 rings (SSSR count). The summed E-state index contributed by atoms with van der Waals surface area (Å²) in [5.74, 6) is -2.56. The van der Waals surface area contributed by atoms with Gasteiger partial charge in [-0.1, -0.05) is 24.3 Å². The van der Waals surface area contributed by atoms with Crippen molar-refractivity contribution in [3.8, 4) is 5.75 Å². The minimum atomic E-state index is -2.20. The molecule has 0 saturated carbocycles. The summed E-state index contributed by atoms with van der Waals surface area (Å²) in [5, 5.41) is 0. The number of esters is 2. The van der Waals surface area contributed by atoms with E-state index < -0.39 is 29.1 Å². The van der Waals surface area contributed by atoms with Gasteiger partial charge in [0.15, 0.2) is 5.78 Å². The van der Waals surface area contributed by atoms with Gasteiger partial charge in [-0.15, -0.1) is 0 Å². The third-order valence-electron chi connectivity index (χ3n) is 5.35. The lowest BCUT2D eigenvalue weighted by atomic mass is 9.72. The van der Waals surface area contributed by atoms with Crippen LogP contribution in [0.2, 0.25) is 0 Å². The van der Waals surface area contributed by atoms with E-state index >= 15 is 0 Å². The first-order valence-corrected chi connectivity index (χ1v) is 9.24. The van der Waals surface area contributed by atoms with Crippen LogP contribution in [0.25, 0.3) is 0 Å². The number of aryl methyl sites for hydroxylation is 1. The van der Waals surface area contributed by atoms with Crippen molar-refractivity contribution in [2.45, 2.75) is 46.6 Å². The Morgan fingerprint density at radius 1 is 0.966 bits per heavy atom. The van der Waals surface area contributed by atoms with E-state index in [0.717, 1.165) is 18.1 Å². The molecule has 6 heteroatoms. The van der Waals surface area contributed by atoms with Gasteiger partial charge in [0.1, 0.15) is 5.75 Å². The molecule has 0 bridgehead atoms. The lowest BCUT2D eigenvalue weighted by molar-refractivity contribution is -0.162. The number of Topliss-reactive ketones (excluding diaryl/α,β-unsaturated/α-hetero) is 2. The summed E-state index contributed by atoms with van der Waals surface area (Å²) in [7, 11) is 0. The Morgan fingerprint density at radius 2 is 1.62 bits per heavy atom. The summed E-state index contributed by atoms with van der Waals surface area (Å²) in [4.78, 5) is 50.8. The summed E-state index contributed by atoms with van der Waals surface area (Å²) in [6.45, 7) is 7.75. The average molecular weight is 394 g/mol. The number of hydrogen-bond donors (Lipinski definition) is 0. The lowest BCUT2D eigenvalue weighted by Gasteiger charge is -2.37. The van der Waals surface area contributed by atoms with E-state index in [1.165, 1.54) is 6.92 Å². The van der Waals surface area contributed by atoms with E-state index in [0.29, 0.717) is 16.7 Å². The van der Waals surface area contributed by atoms with Gasteiger partial charge in [-0.2, -0.15) is 0 Å². The predicted molar refractivity (Wildman–Crippen MR) is 105 cm³/mol. The van der Waals surface area contributed by atoms with E-state index in [9.17, 15) is 19.2 Å². The summed E-state index contributed by atoms with van der Waals surface area (Å²) >= 11 is 0. The van der Waals surface area contributed by atoms with E-state index in [4.69, 9.17) is 9.47 Å². The van der Waals surface area contributed by atoms with E-state index in [1.807, 2.05) is 13.8 Å². The quantitative estimate of drug-likeness (QED) is 0.451. The molecule has 0 saturated heterocycles. The Kier molecular flexibility index (Phi) is 5.13. The Hall–Kier alpha value is -3.28. The highest BCUT2D eigenvalue weighted by molar-refractivity contribution is 6.23. The number of carbonyl (C=O) groups is 4. The van der Waals surface area contributed by atoms with Gasteiger partial charge in [0.05, 0.1) is 5.56 Å². The van der Waals surface area contributed by atoms with Crippen molar-refractivity contribution in [1.29, 1.82) is 0 Å². The molecule has 0 amide bonds. The molecule has 0 aromatic heterocycles. The normalized spacial score (nSPS) is 18.2. The molecule has 0 radical (unpaired) electrons. The van der Waals surface area contributed by atoms with Crippen LogP contribution in [0.1, 0.15) is 52.0 Å². The molecule has 2 aromatic rings. The highest BCUT2D eigenvalue weighted by Crippen LogP contribution is 2.44. The van der Waals surface area contributed by atoms with Crippen LogP contribution in [0, 0.1) is 20.8 Å². The number of ether oxygens (including phenoxy) is 2. The highest BCUT2D eigenvalue weighted by atomic mass is 16.6. The van der Waals surface area contributed by atoms with Crippen LogP contribution < -0.4 is 4.74 Å². The summed E-state index contributed by atoms with van der Waals surface area (Å²) < 4.78 is 10.9. The molecule has 2 aromatic carbocycles. The maximum absolute atomic E-state index is 13.6. The first-order chi connectivity index (χ1) is 13.6. The number of ketones is 2. The SMILES string of the molecule is CC(=O)Oc1cc(C)c(C)c(C)c1C1(OC(C)=O)C(=O)Cc2ccccc2C1=O. The lowest BCUT2D eigenvalue weighted by Crippen LogP contribution is -2.52. The zero-order valence-corrected chi connectivity index (χ0v) is 17.0. The molecule has 29 heavy (non-hydrogen) atoms. The molecule has 0 fully saturated rings. The zero-order chi connectivity index (χ0) is 21.5. The fourth-order valence-corrected chi connectivity index (χ4v) is 3.85. The van der Waals surface area contributed by atoms with E-state index in [-0.39, 0.29) is 17.7 Å². The van der Waals surface area contributed by atoms with Crippen molar-refractivity contribution in [1.82, 2.24) is 0 Å². The number of rotatable bonds is 3. The van der Waals surface area contributed by atoms with Gasteiger partial charge in [0.2, 0.25) is 5.78 Å². The molecule has 1 unspecified atom stereocenters. The average Bonchev–Trinajstić information content (AvgIpc) is 2.63. The minimum Gasteiger partial charge on any atom is -0.437 e. The van der Waals surface area contributed by atoms with E-state index in [2.05, 4.69) is 0 Å². The molecule has 1 aliphatic rings. The maximum atomic E-state index is 13.6. The molecule has 0 aliphatic heterocycles. The van der Waals surface area contributed by atoms with Crippen LogP contribution in [0.5, 0.6) is 5.75 Å². The molecular weight excluding hydrogens is 372 g/mol. The smallest absolute Gasteiger partial charge is 0.308 e. The van der Waals surface area contributed by atoms with Gasteiger partial charge in [-0.05, 0) is 49.1 Å². The molecule has 0 heterocycles. The Labute approximate surface area is 168 Å². The fraction of sp³-hybridized carbons (Fsp3) is 0.304. The molecule has 0 N–H and O–H groups in total. The molecule has 150 valence electrons. The minimum absolute atomic E-state index is 0.0421. The van der Waals surface area contributed by atoms with Crippen LogP contribution in [0.15, 0.2) is 30.3 Å². The van der Waals surface area contributed by atoms with Crippen molar-refractivity contribution in [2.75, 3.05) is 0 Å². The number of hydrogen-bond acceptors (Lipinski definition) is 6. The summed E-state index contributed by atoms with van der Waals surface area (Å²) in [6, 6.07) is 8.31. The second-order valence-corrected chi connectivity index (χ2v) is 7.27. The molecule has 1 aliphatic carbocycles. The second-order valence-electron chi connectivity index (χ2n) is 7.27. The maximum Gasteiger partial charge on any atom is 0.308 e.